The van der Waals surface area contributed by atoms with Gasteiger partial charge in [0.15, 0.2) is 4.60 Å². The maximum Gasteiger partial charge on any atom is 0.260 e. The Morgan fingerprint density at radius 1 is 1.43 bits per heavy atom. The van der Waals surface area contributed by atoms with Crippen LogP contribution in [0.25, 0.3) is 0 Å². The second-order valence-electron chi connectivity index (χ2n) is 4.45. The average molecular weight is 382 g/mol. The molecule has 11 heteroatoms. The van der Waals surface area contributed by atoms with Crippen molar-refractivity contribution in [1.82, 2.24) is 24.6 Å². The first-order valence-corrected chi connectivity index (χ1v) is 8.60. The zero-order chi connectivity index (χ0) is 15.5. The van der Waals surface area contributed by atoms with E-state index >= 15 is 0 Å². The molecule has 0 atom stereocenters. The fraction of sp³-hybridized carbons (Fsp3) is 0.700. The molecule has 21 heavy (non-hydrogen) atoms. The Balaban J connectivity index is 1.89. The van der Waals surface area contributed by atoms with Crippen molar-refractivity contribution >= 4 is 31.9 Å². The van der Waals surface area contributed by atoms with E-state index in [9.17, 15) is 13.2 Å². The summed E-state index contributed by atoms with van der Waals surface area (Å²) in [6, 6.07) is 0. The van der Waals surface area contributed by atoms with Gasteiger partial charge in [0, 0.05) is 33.1 Å². The molecule has 1 saturated heterocycles. The van der Waals surface area contributed by atoms with Gasteiger partial charge in [-0.1, -0.05) is 5.21 Å². The van der Waals surface area contributed by atoms with Crippen LogP contribution in [0.3, 0.4) is 0 Å². The van der Waals surface area contributed by atoms with Crippen LogP contribution in [0.4, 0.5) is 0 Å². The lowest BCUT2D eigenvalue weighted by Gasteiger charge is -2.26. The molecule has 1 aromatic heterocycles. The Labute approximate surface area is 130 Å². The zero-order valence-electron chi connectivity index (χ0n) is 11.5. The second kappa shape index (κ2) is 6.81. The van der Waals surface area contributed by atoms with Crippen molar-refractivity contribution in [2.45, 2.75) is 11.4 Å². The maximum absolute atomic E-state index is 12.1. The normalized spacial score (nSPS) is 16.2. The van der Waals surface area contributed by atoms with Crippen LogP contribution < -0.4 is 4.72 Å². The van der Waals surface area contributed by atoms with Crippen molar-refractivity contribution in [2.24, 2.45) is 7.05 Å². The van der Waals surface area contributed by atoms with Crippen LogP contribution in [-0.4, -0.2) is 67.1 Å². The van der Waals surface area contributed by atoms with Gasteiger partial charge in [0.1, 0.15) is 0 Å². The molecule has 0 bridgehead atoms. The molecule has 9 nitrogen and oxygen atoms in total. The summed E-state index contributed by atoms with van der Waals surface area (Å²) < 4.78 is 33.0. The highest BCUT2D eigenvalue weighted by Crippen LogP contribution is 2.17. The zero-order valence-corrected chi connectivity index (χ0v) is 13.9. The van der Waals surface area contributed by atoms with Gasteiger partial charge in [-0.25, -0.2) is 17.8 Å². The van der Waals surface area contributed by atoms with Gasteiger partial charge >= 0.3 is 0 Å². The van der Waals surface area contributed by atoms with E-state index in [0.29, 0.717) is 26.3 Å². The molecule has 118 valence electrons. The summed E-state index contributed by atoms with van der Waals surface area (Å²) in [5, 5.41) is 7.16. The predicted octanol–water partition coefficient (Wildman–Crippen LogP) is -0.895. The fourth-order valence-corrected chi connectivity index (χ4v) is 4.06. The van der Waals surface area contributed by atoms with Gasteiger partial charge < -0.3 is 9.64 Å². The molecule has 2 heterocycles. The summed E-state index contributed by atoms with van der Waals surface area (Å²) in [5.74, 6) is -0.0943. The smallest absolute Gasteiger partial charge is 0.260 e. The first-order chi connectivity index (χ1) is 9.92. The van der Waals surface area contributed by atoms with E-state index in [4.69, 9.17) is 4.74 Å². The Morgan fingerprint density at radius 2 is 2.10 bits per heavy atom. The van der Waals surface area contributed by atoms with E-state index in [1.807, 2.05) is 0 Å². The van der Waals surface area contributed by atoms with Gasteiger partial charge in [-0.2, -0.15) is 0 Å². The van der Waals surface area contributed by atoms with Crippen molar-refractivity contribution in [3.05, 3.63) is 4.60 Å². The molecule has 1 amide bonds. The number of sulfonamides is 1. The van der Waals surface area contributed by atoms with Crippen LogP contribution in [0.15, 0.2) is 9.63 Å². The minimum absolute atomic E-state index is 0.0240. The number of morpholine rings is 1. The Kier molecular flexibility index (Phi) is 5.30. The quantitative estimate of drug-likeness (QED) is 0.708. The molecule has 0 unspecified atom stereocenters. The van der Waals surface area contributed by atoms with Crippen molar-refractivity contribution in [3.8, 4) is 0 Å². The van der Waals surface area contributed by atoms with Crippen molar-refractivity contribution in [3.63, 3.8) is 0 Å². The highest BCUT2D eigenvalue weighted by atomic mass is 79.9. The Bertz CT molecular complexity index is 591. The first-order valence-electron chi connectivity index (χ1n) is 6.32. The van der Waals surface area contributed by atoms with E-state index in [1.54, 1.807) is 4.90 Å². The topological polar surface area (TPSA) is 106 Å². The average Bonchev–Trinajstić information content (AvgIpc) is 2.79. The number of halogens is 1. The van der Waals surface area contributed by atoms with Crippen LogP contribution in [0.2, 0.25) is 0 Å². The number of carbonyl (C=O) groups excluding carboxylic acids is 1. The van der Waals surface area contributed by atoms with Crippen molar-refractivity contribution < 1.29 is 17.9 Å². The minimum atomic E-state index is -3.76. The summed E-state index contributed by atoms with van der Waals surface area (Å²) in [7, 11) is -2.28. The Hall–Kier alpha value is -1.04. The van der Waals surface area contributed by atoms with Gasteiger partial charge in [-0.05, 0) is 15.9 Å². The molecule has 1 aliphatic rings. The highest BCUT2D eigenvalue weighted by Gasteiger charge is 2.24. The molecule has 0 saturated carbocycles. The van der Waals surface area contributed by atoms with Crippen molar-refractivity contribution in [1.29, 1.82) is 0 Å². The lowest BCUT2D eigenvalue weighted by molar-refractivity contribution is -0.135. The van der Waals surface area contributed by atoms with Gasteiger partial charge in [0.05, 0.1) is 13.2 Å². The number of nitrogens with zero attached hydrogens (tertiary/aromatic N) is 4. The van der Waals surface area contributed by atoms with Crippen LogP contribution in [0, 0.1) is 0 Å². The number of carbonyl (C=O) groups is 1. The number of aryl methyl sites for hydroxylation is 1. The van der Waals surface area contributed by atoms with E-state index in [2.05, 4.69) is 31.0 Å². The molecule has 0 radical (unpaired) electrons. The van der Waals surface area contributed by atoms with E-state index in [-0.39, 0.29) is 28.5 Å². The number of hydrogen-bond donors (Lipinski definition) is 1. The largest absolute Gasteiger partial charge is 0.378 e. The maximum atomic E-state index is 12.1. The number of amides is 1. The third-order valence-electron chi connectivity index (χ3n) is 2.99. The lowest BCUT2D eigenvalue weighted by atomic mass is 10.3. The van der Waals surface area contributed by atoms with Gasteiger partial charge in [0.25, 0.3) is 10.0 Å². The van der Waals surface area contributed by atoms with Crippen molar-refractivity contribution in [2.75, 3.05) is 32.8 Å². The van der Waals surface area contributed by atoms with Gasteiger partial charge in [0.2, 0.25) is 10.9 Å². The molecule has 1 N–H and O–H groups in total. The fourth-order valence-electron chi connectivity index (χ4n) is 1.94. The molecule has 1 fully saturated rings. The summed E-state index contributed by atoms with van der Waals surface area (Å²) >= 11 is 3.03. The first kappa shape index (κ1) is 16.3. The standard InChI is InChI=1S/C10H16BrN5O4S/c1-15-10(9(11)13-14-15)21(18,19)12-3-2-8(17)16-4-6-20-7-5-16/h12H,2-7H2,1H3. The lowest BCUT2D eigenvalue weighted by Crippen LogP contribution is -2.42. The molecule has 0 spiro atoms. The van der Waals surface area contributed by atoms with Gasteiger partial charge in [-0.3, -0.25) is 4.79 Å². The van der Waals surface area contributed by atoms with Crippen LogP contribution in [-0.2, 0) is 26.6 Å². The summed E-state index contributed by atoms with van der Waals surface area (Å²) in [6.07, 6.45) is 0.0993. The summed E-state index contributed by atoms with van der Waals surface area (Å²) in [5.41, 5.74) is 0. The number of aromatic nitrogens is 3. The SMILES string of the molecule is Cn1nnc(Br)c1S(=O)(=O)NCCC(=O)N1CCOCC1. The molecule has 0 aliphatic carbocycles. The number of rotatable bonds is 5. The predicted molar refractivity (Wildman–Crippen MR) is 75.9 cm³/mol. The monoisotopic (exact) mass is 381 g/mol. The second-order valence-corrected chi connectivity index (χ2v) is 6.88. The molecule has 0 aromatic carbocycles. The number of hydrogen-bond acceptors (Lipinski definition) is 6. The van der Waals surface area contributed by atoms with Crippen LogP contribution in [0.1, 0.15) is 6.42 Å². The van der Waals surface area contributed by atoms with Crippen LogP contribution in [0.5, 0.6) is 0 Å². The molecular formula is C10H16BrN5O4S. The summed E-state index contributed by atoms with van der Waals surface area (Å²) in [4.78, 5) is 13.6. The van der Waals surface area contributed by atoms with Gasteiger partial charge in [-0.15, -0.1) is 5.10 Å². The van der Waals surface area contributed by atoms with E-state index in [0.717, 1.165) is 4.68 Å². The van der Waals surface area contributed by atoms with Crippen LogP contribution >= 0.6 is 15.9 Å². The number of ether oxygens (including phenoxy) is 1. The highest BCUT2D eigenvalue weighted by molar-refractivity contribution is 9.10. The third kappa shape index (κ3) is 3.99. The molecule has 2 rings (SSSR count). The summed E-state index contributed by atoms with van der Waals surface area (Å²) in [6.45, 7) is 2.15. The minimum Gasteiger partial charge on any atom is -0.378 e. The van der Waals surface area contributed by atoms with E-state index in [1.165, 1.54) is 7.05 Å². The Morgan fingerprint density at radius 3 is 2.67 bits per heavy atom. The molecule has 1 aromatic rings. The molecule has 1 aliphatic heterocycles. The third-order valence-corrected chi connectivity index (χ3v) is 5.33. The number of nitrogens with one attached hydrogen (secondary N) is 1. The molecular weight excluding hydrogens is 366 g/mol. The van der Waals surface area contributed by atoms with E-state index < -0.39 is 10.0 Å².